The number of hydrogen-bond donors (Lipinski definition) is 0. The summed E-state index contributed by atoms with van der Waals surface area (Å²) in [5.41, 5.74) is 7.75. The molecule has 0 N–H and O–H groups in total. The number of fused-ring (bicyclic) bond motifs is 9. The Hall–Kier alpha value is -5.88. The van der Waals surface area contributed by atoms with Crippen LogP contribution in [0.1, 0.15) is 11.1 Å². The molecule has 0 aliphatic rings. The van der Waals surface area contributed by atoms with E-state index in [1.807, 2.05) is 24.3 Å². The summed E-state index contributed by atoms with van der Waals surface area (Å²) in [5, 5.41) is 26.4. The smallest absolute Gasteiger partial charge is 0.0992 e. The molecule has 4 nitrogen and oxygen atoms in total. The predicted octanol–water partition coefficient (Wildman–Crippen LogP) is 9.99. The summed E-state index contributed by atoms with van der Waals surface area (Å²) in [6.45, 7) is 0. The largest absolute Gasteiger partial charge is 0.309 e. The zero-order valence-corrected chi connectivity index (χ0v) is 23.6. The average molecular weight is 565 g/mol. The van der Waals surface area contributed by atoms with Crippen LogP contribution in [0.3, 0.4) is 0 Å². The van der Waals surface area contributed by atoms with Gasteiger partial charge in [-0.15, -0.1) is 11.3 Å². The van der Waals surface area contributed by atoms with E-state index in [0.717, 1.165) is 49.6 Å². The van der Waals surface area contributed by atoms with Gasteiger partial charge < -0.3 is 9.13 Å². The normalized spacial score (nSPS) is 11.7. The number of thiophene rings is 1. The van der Waals surface area contributed by atoms with E-state index >= 15 is 0 Å². The van der Waals surface area contributed by atoms with Crippen LogP contribution in [-0.4, -0.2) is 9.13 Å². The second-order valence-electron chi connectivity index (χ2n) is 10.8. The minimum Gasteiger partial charge on any atom is -0.309 e. The van der Waals surface area contributed by atoms with Gasteiger partial charge in [0.2, 0.25) is 0 Å². The molecule has 0 fully saturated rings. The highest BCUT2D eigenvalue weighted by atomic mass is 32.1. The van der Waals surface area contributed by atoms with Crippen LogP contribution in [0.5, 0.6) is 0 Å². The zero-order valence-electron chi connectivity index (χ0n) is 22.7. The van der Waals surface area contributed by atoms with Crippen LogP contribution in [-0.2, 0) is 0 Å². The first-order valence-corrected chi connectivity index (χ1v) is 14.9. The van der Waals surface area contributed by atoms with Gasteiger partial charge in [0.05, 0.1) is 61.4 Å². The van der Waals surface area contributed by atoms with Gasteiger partial charge in [-0.2, -0.15) is 10.5 Å². The Kier molecular flexibility index (Phi) is 4.87. The molecule has 0 radical (unpaired) electrons. The van der Waals surface area contributed by atoms with Gasteiger partial charge in [0.25, 0.3) is 0 Å². The van der Waals surface area contributed by atoms with Gasteiger partial charge in [0.15, 0.2) is 0 Å². The maximum atomic E-state index is 9.74. The maximum Gasteiger partial charge on any atom is 0.0992 e. The summed E-state index contributed by atoms with van der Waals surface area (Å²) in [7, 11) is 0. The Bertz CT molecular complexity index is 2710. The summed E-state index contributed by atoms with van der Waals surface area (Å²) in [5.74, 6) is 0. The van der Waals surface area contributed by atoms with Crippen molar-refractivity contribution in [3.63, 3.8) is 0 Å². The van der Waals surface area contributed by atoms with E-state index in [9.17, 15) is 10.5 Å². The molecular weight excluding hydrogens is 545 g/mol. The van der Waals surface area contributed by atoms with E-state index in [-0.39, 0.29) is 0 Å². The molecule has 0 aliphatic carbocycles. The third-order valence-electron chi connectivity index (χ3n) is 8.57. The third kappa shape index (κ3) is 3.23. The van der Waals surface area contributed by atoms with Crippen LogP contribution in [0.15, 0.2) is 121 Å². The molecule has 0 atom stereocenters. The molecule has 0 bridgehead atoms. The number of nitriles is 2. The molecule has 0 aliphatic heterocycles. The van der Waals surface area contributed by atoms with Crippen molar-refractivity contribution < 1.29 is 0 Å². The fourth-order valence-electron chi connectivity index (χ4n) is 6.78. The van der Waals surface area contributed by atoms with Crippen molar-refractivity contribution in [1.29, 1.82) is 10.5 Å². The number of benzene rings is 6. The molecule has 5 heteroatoms. The molecule has 3 heterocycles. The summed E-state index contributed by atoms with van der Waals surface area (Å²) >= 11 is 1.79. The van der Waals surface area contributed by atoms with Crippen molar-refractivity contribution >= 4 is 75.1 Å². The van der Waals surface area contributed by atoms with E-state index in [1.54, 1.807) is 11.3 Å². The molecule has 6 aromatic carbocycles. The molecular formula is C38H20N4S. The molecule has 0 unspecified atom stereocenters. The second-order valence-corrected chi connectivity index (χ2v) is 11.9. The van der Waals surface area contributed by atoms with Crippen molar-refractivity contribution in [2.24, 2.45) is 0 Å². The molecule has 43 heavy (non-hydrogen) atoms. The van der Waals surface area contributed by atoms with Crippen molar-refractivity contribution in [2.75, 3.05) is 0 Å². The molecule has 9 rings (SSSR count). The van der Waals surface area contributed by atoms with Crippen LogP contribution in [0.4, 0.5) is 0 Å². The molecule has 198 valence electrons. The Labute approximate surface area is 250 Å². The molecule has 0 amide bonds. The summed E-state index contributed by atoms with van der Waals surface area (Å²) in [4.78, 5) is 0. The first kappa shape index (κ1) is 23.8. The van der Waals surface area contributed by atoms with E-state index in [0.29, 0.717) is 11.1 Å². The monoisotopic (exact) mass is 564 g/mol. The lowest BCUT2D eigenvalue weighted by Gasteiger charge is -2.11. The standard InChI is InChI=1S/C38H20N4S/c39-21-23-15-17-27-25-7-1-3-10-30(25)41(34(27)19-23)32-12-6-14-36-37(32)29-9-5-13-33(38(29)43-36)42-31-11-4-2-8-26(31)28-18-16-24(22-40)20-35(28)42/h1-20H. The SMILES string of the molecule is N#Cc1ccc2c3ccccc3n(-c3cccc4c3sc3cccc(-n5c6ccccc6c6ccc(C#N)cc65)c34)c2c1. The van der Waals surface area contributed by atoms with Crippen LogP contribution in [0.2, 0.25) is 0 Å². The number of aromatic nitrogens is 2. The molecule has 0 saturated carbocycles. The van der Waals surface area contributed by atoms with Crippen LogP contribution >= 0.6 is 11.3 Å². The Morgan fingerprint density at radius 3 is 1.60 bits per heavy atom. The van der Waals surface area contributed by atoms with Crippen LogP contribution in [0.25, 0.3) is 75.2 Å². The second kappa shape index (κ2) is 8.81. The number of rotatable bonds is 2. The van der Waals surface area contributed by atoms with Gasteiger partial charge in [-0.3, -0.25) is 0 Å². The van der Waals surface area contributed by atoms with Crippen molar-refractivity contribution in [3.8, 4) is 23.5 Å². The van der Waals surface area contributed by atoms with Gasteiger partial charge in [-0.05, 0) is 54.6 Å². The van der Waals surface area contributed by atoms with Crippen molar-refractivity contribution in [3.05, 3.63) is 132 Å². The number of hydrogen-bond acceptors (Lipinski definition) is 3. The van der Waals surface area contributed by atoms with Crippen LogP contribution < -0.4 is 0 Å². The van der Waals surface area contributed by atoms with Crippen LogP contribution in [0, 0.1) is 22.7 Å². The fourth-order valence-corrected chi connectivity index (χ4v) is 8.00. The Morgan fingerprint density at radius 2 is 0.977 bits per heavy atom. The van der Waals surface area contributed by atoms with Gasteiger partial charge in [-0.25, -0.2) is 0 Å². The fraction of sp³-hybridized carbons (Fsp3) is 0. The van der Waals surface area contributed by atoms with E-state index in [4.69, 9.17) is 0 Å². The first-order valence-electron chi connectivity index (χ1n) is 14.1. The quantitative estimate of drug-likeness (QED) is 0.210. The highest BCUT2D eigenvalue weighted by Gasteiger charge is 2.20. The molecule has 9 aromatic rings. The lowest BCUT2D eigenvalue weighted by molar-refractivity contribution is 1.20. The average Bonchev–Trinajstić information content (AvgIpc) is 3.71. The van der Waals surface area contributed by atoms with Crippen molar-refractivity contribution in [1.82, 2.24) is 9.13 Å². The first-order chi connectivity index (χ1) is 21.2. The Balaban J connectivity index is 1.41. The highest BCUT2D eigenvalue weighted by molar-refractivity contribution is 7.26. The Morgan fingerprint density at radius 1 is 0.465 bits per heavy atom. The van der Waals surface area contributed by atoms with Gasteiger partial charge in [-0.1, -0.05) is 66.7 Å². The summed E-state index contributed by atoms with van der Waals surface area (Å²) in [6, 6.07) is 46.5. The topological polar surface area (TPSA) is 57.4 Å². The van der Waals surface area contributed by atoms with Gasteiger partial charge in [0, 0.05) is 37.0 Å². The minimum absolute atomic E-state index is 0.643. The van der Waals surface area contributed by atoms with E-state index < -0.39 is 0 Å². The molecule has 3 aromatic heterocycles. The predicted molar refractivity (Wildman–Crippen MR) is 177 cm³/mol. The summed E-state index contributed by atoms with van der Waals surface area (Å²) < 4.78 is 7.00. The number of para-hydroxylation sites is 2. The molecule has 0 spiro atoms. The maximum absolute atomic E-state index is 9.74. The van der Waals surface area contributed by atoms with Crippen molar-refractivity contribution in [2.45, 2.75) is 0 Å². The molecule has 0 saturated heterocycles. The van der Waals surface area contributed by atoms with Gasteiger partial charge in [0.1, 0.15) is 0 Å². The van der Waals surface area contributed by atoms with Gasteiger partial charge >= 0.3 is 0 Å². The lowest BCUT2D eigenvalue weighted by Crippen LogP contribution is -1.96. The minimum atomic E-state index is 0.643. The summed E-state index contributed by atoms with van der Waals surface area (Å²) in [6.07, 6.45) is 0. The van der Waals surface area contributed by atoms with E-state index in [1.165, 1.54) is 25.6 Å². The zero-order chi connectivity index (χ0) is 28.7. The third-order valence-corrected chi connectivity index (χ3v) is 9.76. The highest BCUT2D eigenvalue weighted by Crippen LogP contribution is 2.44. The lowest BCUT2D eigenvalue weighted by atomic mass is 10.1. The van der Waals surface area contributed by atoms with E-state index in [2.05, 4.69) is 118 Å². The number of nitrogens with zero attached hydrogens (tertiary/aromatic N) is 4.